The van der Waals surface area contributed by atoms with E-state index in [0.717, 1.165) is 12.0 Å². The van der Waals surface area contributed by atoms with Crippen molar-refractivity contribution in [2.24, 2.45) is 0 Å². The van der Waals surface area contributed by atoms with Gasteiger partial charge in [0.2, 0.25) is 5.91 Å². The molecule has 1 aromatic rings. The van der Waals surface area contributed by atoms with Crippen molar-refractivity contribution in [2.75, 3.05) is 11.9 Å². The molecule has 0 heterocycles. The minimum absolute atomic E-state index is 0.0625. The van der Waals surface area contributed by atoms with Crippen LogP contribution >= 0.6 is 0 Å². The van der Waals surface area contributed by atoms with Crippen molar-refractivity contribution in [3.05, 3.63) is 29.8 Å². The number of amides is 2. The first-order valence-corrected chi connectivity index (χ1v) is 7.22. The number of nitrogens with one attached hydrogen (secondary N) is 2. The van der Waals surface area contributed by atoms with E-state index in [1.54, 1.807) is 24.3 Å². The quantitative estimate of drug-likeness (QED) is 0.750. The van der Waals surface area contributed by atoms with Gasteiger partial charge in [0.25, 0.3) is 5.91 Å². The Kier molecular flexibility index (Phi) is 7.08. The summed E-state index contributed by atoms with van der Waals surface area (Å²) in [6.45, 7) is 5.00. The van der Waals surface area contributed by atoms with Crippen LogP contribution in [0.1, 0.15) is 32.8 Å². The number of hydrogen-bond acceptors (Lipinski definition) is 4. The van der Waals surface area contributed by atoms with Crippen LogP contribution in [0.5, 0.6) is 0 Å². The Morgan fingerprint density at radius 3 is 2.36 bits per heavy atom. The fourth-order valence-electron chi connectivity index (χ4n) is 1.69. The fraction of sp³-hybridized carbons (Fsp3) is 0.438. The number of carbonyl (C=O) groups is 3. The Hall–Kier alpha value is -2.37. The second-order valence-corrected chi connectivity index (χ2v) is 5.09. The predicted molar refractivity (Wildman–Crippen MR) is 83.3 cm³/mol. The van der Waals surface area contributed by atoms with Crippen LogP contribution in [0.15, 0.2) is 24.3 Å². The highest BCUT2D eigenvalue weighted by atomic mass is 16.5. The van der Waals surface area contributed by atoms with Crippen molar-refractivity contribution >= 4 is 23.5 Å². The molecule has 1 aromatic carbocycles. The maximum absolute atomic E-state index is 11.7. The van der Waals surface area contributed by atoms with Crippen molar-refractivity contribution in [1.82, 2.24) is 5.32 Å². The first kappa shape index (κ1) is 17.7. The Morgan fingerprint density at radius 2 is 1.82 bits per heavy atom. The van der Waals surface area contributed by atoms with Crippen LogP contribution in [0, 0.1) is 0 Å². The second-order valence-electron chi connectivity index (χ2n) is 5.09. The summed E-state index contributed by atoms with van der Waals surface area (Å²) in [5, 5.41) is 5.36. The third-order valence-corrected chi connectivity index (χ3v) is 3.01. The third kappa shape index (κ3) is 6.88. The molecule has 2 amide bonds. The van der Waals surface area contributed by atoms with E-state index in [1.807, 2.05) is 13.8 Å². The summed E-state index contributed by atoms with van der Waals surface area (Å²) in [5.41, 5.74) is 1.42. The molecule has 6 heteroatoms. The average molecular weight is 306 g/mol. The highest BCUT2D eigenvalue weighted by Gasteiger charge is 2.10. The van der Waals surface area contributed by atoms with E-state index in [0.29, 0.717) is 5.69 Å². The van der Waals surface area contributed by atoms with Gasteiger partial charge in [0, 0.05) is 18.7 Å². The van der Waals surface area contributed by atoms with Gasteiger partial charge in [0.15, 0.2) is 6.61 Å². The molecule has 1 rings (SSSR count). The Bertz CT molecular complexity index is 525. The van der Waals surface area contributed by atoms with Crippen molar-refractivity contribution < 1.29 is 19.1 Å². The Morgan fingerprint density at radius 1 is 1.18 bits per heavy atom. The SMILES string of the molecule is CC[C@H](C)NC(=O)COC(=O)Cc1ccc(NC(C)=O)cc1. The lowest BCUT2D eigenvalue weighted by atomic mass is 10.1. The zero-order valence-corrected chi connectivity index (χ0v) is 13.1. The van der Waals surface area contributed by atoms with Gasteiger partial charge in [-0.15, -0.1) is 0 Å². The highest BCUT2D eigenvalue weighted by Crippen LogP contribution is 2.10. The maximum atomic E-state index is 11.7. The maximum Gasteiger partial charge on any atom is 0.310 e. The first-order chi connectivity index (χ1) is 10.4. The number of hydrogen-bond donors (Lipinski definition) is 2. The number of anilines is 1. The zero-order chi connectivity index (χ0) is 16.5. The smallest absolute Gasteiger partial charge is 0.310 e. The van der Waals surface area contributed by atoms with Gasteiger partial charge < -0.3 is 15.4 Å². The van der Waals surface area contributed by atoms with E-state index in [4.69, 9.17) is 4.74 Å². The molecule has 22 heavy (non-hydrogen) atoms. The standard InChI is InChI=1S/C16H22N2O4/c1-4-11(2)17-15(20)10-22-16(21)9-13-5-7-14(8-6-13)18-12(3)19/h5-8,11H,4,9-10H2,1-3H3,(H,17,20)(H,18,19)/t11-/m0/s1. The van der Waals surface area contributed by atoms with Crippen LogP contribution < -0.4 is 10.6 Å². The van der Waals surface area contributed by atoms with Gasteiger partial charge in [-0.1, -0.05) is 19.1 Å². The van der Waals surface area contributed by atoms with Crippen LogP contribution in [0.4, 0.5) is 5.69 Å². The molecule has 0 aromatic heterocycles. The van der Waals surface area contributed by atoms with E-state index in [1.165, 1.54) is 6.92 Å². The van der Waals surface area contributed by atoms with E-state index >= 15 is 0 Å². The number of rotatable bonds is 7. The molecule has 0 fully saturated rings. The molecule has 0 aliphatic rings. The van der Waals surface area contributed by atoms with Crippen molar-refractivity contribution in [3.63, 3.8) is 0 Å². The molecule has 6 nitrogen and oxygen atoms in total. The lowest BCUT2D eigenvalue weighted by Gasteiger charge is -2.11. The number of esters is 1. The molecule has 1 atom stereocenters. The van der Waals surface area contributed by atoms with Gasteiger partial charge in [0.1, 0.15) is 0 Å². The normalized spacial score (nSPS) is 11.4. The summed E-state index contributed by atoms with van der Waals surface area (Å²) in [6, 6.07) is 6.93. The molecule has 0 saturated carbocycles. The van der Waals surface area contributed by atoms with Gasteiger partial charge in [0.05, 0.1) is 6.42 Å². The number of carbonyl (C=O) groups excluding carboxylic acids is 3. The molecule has 120 valence electrons. The van der Waals surface area contributed by atoms with Gasteiger partial charge in [-0.2, -0.15) is 0 Å². The Labute approximate surface area is 130 Å². The molecule has 0 aliphatic carbocycles. The molecule has 2 N–H and O–H groups in total. The molecule has 0 unspecified atom stereocenters. The summed E-state index contributed by atoms with van der Waals surface area (Å²) in [4.78, 5) is 34.1. The predicted octanol–water partition coefficient (Wildman–Crippen LogP) is 1.65. The van der Waals surface area contributed by atoms with E-state index < -0.39 is 5.97 Å². The Balaban J connectivity index is 2.38. The summed E-state index contributed by atoms with van der Waals surface area (Å²) in [6.07, 6.45) is 0.900. The summed E-state index contributed by atoms with van der Waals surface area (Å²) >= 11 is 0. The number of benzene rings is 1. The summed E-state index contributed by atoms with van der Waals surface area (Å²) in [5.74, 6) is -0.922. The van der Waals surface area contributed by atoms with E-state index in [9.17, 15) is 14.4 Å². The second kappa shape index (κ2) is 8.81. The van der Waals surface area contributed by atoms with Crippen molar-refractivity contribution in [2.45, 2.75) is 39.7 Å². The summed E-state index contributed by atoms with van der Waals surface area (Å²) in [7, 11) is 0. The van der Waals surface area contributed by atoms with Gasteiger partial charge >= 0.3 is 5.97 Å². The highest BCUT2D eigenvalue weighted by molar-refractivity contribution is 5.88. The summed E-state index contributed by atoms with van der Waals surface area (Å²) < 4.78 is 4.93. The van der Waals surface area contributed by atoms with Crippen molar-refractivity contribution in [1.29, 1.82) is 0 Å². The molecular formula is C16H22N2O4. The number of ether oxygens (including phenoxy) is 1. The van der Waals surface area contributed by atoms with Crippen LogP contribution in [0.2, 0.25) is 0 Å². The lowest BCUT2D eigenvalue weighted by Crippen LogP contribution is -2.35. The first-order valence-electron chi connectivity index (χ1n) is 7.22. The largest absolute Gasteiger partial charge is 0.455 e. The van der Waals surface area contributed by atoms with Crippen LogP contribution in [0.3, 0.4) is 0 Å². The van der Waals surface area contributed by atoms with Crippen LogP contribution in [-0.2, 0) is 25.5 Å². The molecule has 0 bridgehead atoms. The molecule has 0 spiro atoms. The fourth-order valence-corrected chi connectivity index (χ4v) is 1.69. The van der Waals surface area contributed by atoms with Crippen LogP contribution in [-0.4, -0.2) is 30.4 Å². The third-order valence-electron chi connectivity index (χ3n) is 3.01. The average Bonchev–Trinajstić information content (AvgIpc) is 2.46. The minimum Gasteiger partial charge on any atom is -0.455 e. The molecule has 0 aliphatic heterocycles. The zero-order valence-electron chi connectivity index (χ0n) is 13.1. The molecule has 0 radical (unpaired) electrons. The molecular weight excluding hydrogens is 284 g/mol. The van der Waals surface area contributed by atoms with Gasteiger partial charge in [-0.3, -0.25) is 14.4 Å². The lowest BCUT2D eigenvalue weighted by molar-refractivity contribution is -0.148. The van der Waals surface area contributed by atoms with Crippen molar-refractivity contribution in [3.8, 4) is 0 Å². The van der Waals surface area contributed by atoms with Crippen LogP contribution in [0.25, 0.3) is 0 Å². The minimum atomic E-state index is -0.466. The topological polar surface area (TPSA) is 84.5 Å². The monoisotopic (exact) mass is 306 g/mol. The molecule has 0 saturated heterocycles. The van der Waals surface area contributed by atoms with Gasteiger partial charge in [-0.05, 0) is 31.0 Å². The van der Waals surface area contributed by atoms with Gasteiger partial charge in [-0.25, -0.2) is 0 Å². The van der Waals surface area contributed by atoms with E-state index in [2.05, 4.69) is 10.6 Å². The van der Waals surface area contributed by atoms with E-state index in [-0.39, 0.29) is 30.9 Å².